The summed E-state index contributed by atoms with van der Waals surface area (Å²) in [6, 6.07) is 0. The molecule has 4 nitrogen and oxygen atoms in total. The Kier molecular flexibility index (Phi) is 5.15. The van der Waals surface area contributed by atoms with Crippen molar-refractivity contribution in [1.82, 2.24) is 11.2 Å². The predicted molar refractivity (Wildman–Crippen MR) is 54.3 cm³/mol. The van der Waals surface area contributed by atoms with Crippen molar-refractivity contribution < 1.29 is 10.7 Å². The van der Waals surface area contributed by atoms with Crippen LogP contribution in [0.2, 0.25) is 0 Å². The van der Waals surface area contributed by atoms with E-state index in [0.29, 0.717) is 0 Å². The Balaban J connectivity index is 0. The lowest BCUT2D eigenvalue weighted by molar-refractivity contribution is -0.241. The van der Waals surface area contributed by atoms with Crippen LogP contribution in [0.25, 0.3) is 0 Å². The molecular weight excluding hydrogens is 168 g/mol. The topological polar surface area (TPSA) is 90.0 Å². The van der Waals surface area contributed by atoms with E-state index in [1.54, 1.807) is 0 Å². The van der Waals surface area contributed by atoms with Gasteiger partial charge in [-0.25, -0.2) is 0 Å². The summed E-state index contributed by atoms with van der Waals surface area (Å²) in [7, 11) is 0. The van der Waals surface area contributed by atoms with E-state index in [2.05, 4.69) is 27.7 Å². The van der Waals surface area contributed by atoms with Crippen LogP contribution in [0.15, 0.2) is 0 Å². The van der Waals surface area contributed by atoms with Gasteiger partial charge >= 0.3 is 0 Å². The van der Waals surface area contributed by atoms with Crippen molar-refractivity contribution in [2.45, 2.75) is 58.0 Å². The summed E-state index contributed by atoms with van der Waals surface area (Å²) in [5, 5.41) is 11.3. The molecule has 1 fully saturated rings. The van der Waals surface area contributed by atoms with Gasteiger partial charge in [0.2, 0.25) is 0 Å². The highest BCUT2D eigenvalue weighted by Gasteiger charge is 2.40. The molecule has 1 aliphatic rings. The molecule has 0 atom stereocenters. The third kappa shape index (κ3) is 2.91. The normalized spacial score (nSPS) is 25.6. The Morgan fingerprint density at radius 3 is 1.54 bits per heavy atom. The third-order valence-corrected chi connectivity index (χ3v) is 2.72. The van der Waals surface area contributed by atoms with E-state index >= 15 is 0 Å². The number of hydrogen-bond acceptors (Lipinski definition) is 3. The van der Waals surface area contributed by atoms with Gasteiger partial charge in [0, 0.05) is 11.1 Å². The van der Waals surface area contributed by atoms with Gasteiger partial charge in [0.25, 0.3) is 0 Å². The van der Waals surface area contributed by atoms with E-state index in [-0.39, 0.29) is 22.7 Å². The Hall–Kier alpha value is -0.160. The summed E-state index contributed by atoms with van der Waals surface area (Å²) in [6.07, 6.45) is 3.40. The molecule has 0 unspecified atom stereocenters. The molecule has 82 valence electrons. The second kappa shape index (κ2) is 4.37. The number of hydroxylamine groups is 2. The lowest BCUT2D eigenvalue weighted by Crippen LogP contribution is -2.56. The molecule has 1 aliphatic heterocycles. The van der Waals surface area contributed by atoms with Crippen LogP contribution in [0.1, 0.15) is 47.0 Å². The first-order chi connectivity index (χ1) is 4.86. The van der Waals surface area contributed by atoms with Gasteiger partial charge in [-0.1, -0.05) is 0 Å². The largest absolute Gasteiger partial charge is 0.412 e. The maximum Gasteiger partial charge on any atom is 0.0410 e. The second-order valence-corrected chi connectivity index (χ2v) is 4.79. The van der Waals surface area contributed by atoms with E-state index in [1.807, 2.05) is 0 Å². The molecule has 0 radical (unpaired) electrons. The second-order valence-electron chi connectivity index (χ2n) is 4.79. The van der Waals surface area contributed by atoms with Gasteiger partial charge in [0.1, 0.15) is 0 Å². The standard InChI is InChI=1S/C9H19NO.H3N.H2O/c1-8(2)6-5-7-9(3,4)10(8)11;;/h11H,5-7H2,1-4H3;1H3;1H2. The molecule has 0 bridgehead atoms. The lowest BCUT2D eigenvalue weighted by Gasteiger charge is -2.48. The molecule has 1 rings (SSSR count). The molecule has 4 heteroatoms. The van der Waals surface area contributed by atoms with Crippen molar-refractivity contribution in [3.05, 3.63) is 0 Å². The summed E-state index contributed by atoms with van der Waals surface area (Å²) in [4.78, 5) is 0. The number of rotatable bonds is 0. The summed E-state index contributed by atoms with van der Waals surface area (Å²) >= 11 is 0. The number of hydrogen-bond donors (Lipinski definition) is 2. The first-order valence-electron chi connectivity index (χ1n) is 4.35. The van der Waals surface area contributed by atoms with Crippen molar-refractivity contribution in [1.29, 1.82) is 0 Å². The quantitative estimate of drug-likeness (QED) is 0.612. The molecule has 0 amide bonds. The van der Waals surface area contributed by atoms with Crippen LogP contribution >= 0.6 is 0 Å². The Morgan fingerprint density at radius 2 is 1.31 bits per heavy atom. The molecule has 13 heavy (non-hydrogen) atoms. The van der Waals surface area contributed by atoms with Crippen LogP contribution in [-0.4, -0.2) is 26.8 Å². The Bertz CT molecular complexity index is 142. The molecular formula is C9H24N2O2. The molecule has 0 saturated carbocycles. The van der Waals surface area contributed by atoms with Crippen molar-refractivity contribution in [3.8, 4) is 0 Å². The zero-order valence-electron chi connectivity index (χ0n) is 9.22. The highest BCUT2D eigenvalue weighted by molar-refractivity contribution is 4.91. The van der Waals surface area contributed by atoms with Crippen LogP contribution in [0.5, 0.6) is 0 Å². The number of piperidine rings is 1. The van der Waals surface area contributed by atoms with Gasteiger partial charge in [-0.3, -0.25) is 0 Å². The molecule has 0 aromatic rings. The van der Waals surface area contributed by atoms with Gasteiger partial charge in [-0.15, -0.1) is 0 Å². The smallest absolute Gasteiger partial charge is 0.0410 e. The molecule has 0 aromatic heterocycles. The molecule has 6 N–H and O–H groups in total. The maximum absolute atomic E-state index is 9.80. The summed E-state index contributed by atoms with van der Waals surface area (Å²) in [5.74, 6) is 0. The summed E-state index contributed by atoms with van der Waals surface area (Å²) < 4.78 is 0. The average molecular weight is 192 g/mol. The fraction of sp³-hybridized carbons (Fsp3) is 1.00. The fourth-order valence-corrected chi connectivity index (χ4v) is 1.98. The van der Waals surface area contributed by atoms with Crippen LogP contribution in [0.4, 0.5) is 0 Å². The third-order valence-electron chi connectivity index (χ3n) is 2.72. The minimum atomic E-state index is -0.0399. The van der Waals surface area contributed by atoms with Crippen molar-refractivity contribution in [2.24, 2.45) is 0 Å². The zero-order valence-corrected chi connectivity index (χ0v) is 9.22. The van der Waals surface area contributed by atoms with Gasteiger partial charge in [-0.05, 0) is 47.0 Å². The van der Waals surface area contributed by atoms with Crippen molar-refractivity contribution in [3.63, 3.8) is 0 Å². The monoisotopic (exact) mass is 192 g/mol. The summed E-state index contributed by atoms with van der Waals surface area (Å²) in [6.45, 7) is 8.36. The van der Waals surface area contributed by atoms with E-state index in [9.17, 15) is 5.21 Å². The van der Waals surface area contributed by atoms with Gasteiger partial charge in [-0.2, -0.15) is 5.06 Å². The first kappa shape index (κ1) is 15.3. The minimum Gasteiger partial charge on any atom is -0.412 e. The average Bonchev–Trinajstić information content (AvgIpc) is 1.82. The van der Waals surface area contributed by atoms with Gasteiger partial charge in [0.15, 0.2) is 0 Å². The maximum atomic E-state index is 9.80. The minimum absolute atomic E-state index is 0. The molecule has 0 aliphatic carbocycles. The highest BCUT2D eigenvalue weighted by Crippen LogP contribution is 2.35. The van der Waals surface area contributed by atoms with Gasteiger partial charge < -0.3 is 16.8 Å². The van der Waals surface area contributed by atoms with Crippen LogP contribution in [0, 0.1) is 0 Å². The first-order valence-corrected chi connectivity index (χ1v) is 4.35. The van der Waals surface area contributed by atoms with E-state index < -0.39 is 0 Å². The SMILES string of the molecule is CC1(C)CCCC(C)(C)N1O.N.O. The molecule has 0 aromatic carbocycles. The number of nitrogens with zero attached hydrogens (tertiary/aromatic N) is 1. The fourth-order valence-electron chi connectivity index (χ4n) is 1.98. The van der Waals surface area contributed by atoms with Gasteiger partial charge in [0.05, 0.1) is 0 Å². The predicted octanol–water partition coefficient (Wildman–Crippen LogP) is 1.76. The van der Waals surface area contributed by atoms with E-state index in [0.717, 1.165) is 12.8 Å². The van der Waals surface area contributed by atoms with E-state index in [4.69, 9.17) is 0 Å². The van der Waals surface area contributed by atoms with E-state index in [1.165, 1.54) is 11.5 Å². The Labute approximate surface area is 80.8 Å². The molecule has 1 heterocycles. The lowest BCUT2D eigenvalue weighted by atomic mass is 9.82. The zero-order chi connectivity index (χ0) is 8.70. The summed E-state index contributed by atoms with van der Waals surface area (Å²) in [5.41, 5.74) is -0.0799. The van der Waals surface area contributed by atoms with Crippen LogP contribution in [-0.2, 0) is 0 Å². The van der Waals surface area contributed by atoms with Crippen LogP contribution in [0.3, 0.4) is 0 Å². The van der Waals surface area contributed by atoms with Crippen molar-refractivity contribution in [2.75, 3.05) is 0 Å². The highest BCUT2D eigenvalue weighted by atomic mass is 16.5. The Morgan fingerprint density at radius 1 is 1.00 bits per heavy atom. The van der Waals surface area contributed by atoms with Crippen LogP contribution < -0.4 is 6.15 Å². The van der Waals surface area contributed by atoms with Crippen molar-refractivity contribution >= 4 is 0 Å². The molecule has 1 saturated heterocycles. The molecule has 0 spiro atoms.